The van der Waals surface area contributed by atoms with E-state index in [1.165, 1.54) is 0 Å². The van der Waals surface area contributed by atoms with Crippen LogP contribution in [0.2, 0.25) is 0 Å². The Bertz CT molecular complexity index is 1370. The summed E-state index contributed by atoms with van der Waals surface area (Å²) in [5.74, 6) is 0.812. The van der Waals surface area contributed by atoms with Crippen LogP contribution >= 0.6 is 0 Å². The third kappa shape index (κ3) is 3.97. The fourth-order valence-corrected chi connectivity index (χ4v) is 4.14. The Hall–Kier alpha value is -4.01. The summed E-state index contributed by atoms with van der Waals surface area (Å²) in [5, 5.41) is 7.29. The second-order valence-electron chi connectivity index (χ2n) is 8.19. The van der Waals surface area contributed by atoms with Crippen LogP contribution in [0.4, 0.5) is 5.95 Å². The monoisotopic (exact) mass is 444 g/mol. The minimum absolute atomic E-state index is 0.282. The highest BCUT2D eigenvalue weighted by molar-refractivity contribution is 6.05. The lowest BCUT2D eigenvalue weighted by atomic mass is 10.1. The number of aryl methyl sites for hydroxylation is 3. The molecule has 9 heteroatoms. The Morgan fingerprint density at radius 1 is 1.12 bits per heavy atom. The summed E-state index contributed by atoms with van der Waals surface area (Å²) in [5.41, 5.74) is 4.67. The predicted molar refractivity (Wildman–Crippen MR) is 124 cm³/mol. The van der Waals surface area contributed by atoms with Crippen molar-refractivity contribution in [1.29, 1.82) is 0 Å². The van der Waals surface area contributed by atoms with E-state index in [1.807, 2.05) is 18.5 Å². The van der Waals surface area contributed by atoms with Gasteiger partial charge in [0.1, 0.15) is 6.29 Å². The van der Waals surface area contributed by atoms with E-state index >= 15 is 0 Å². The molecule has 1 aromatic carbocycles. The molecule has 1 aliphatic heterocycles. The number of benzene rings is 1. The van der Waals surface area contributed by atoms with Crippen molar-refractivity contribution < 1.29 is 14.3 Å². The number of hydrogen-bond acceptors (Lipinski definition) is 6. The van der Waals surface area contributed by atoms with Crippen LogP contribution in [0.3, 0.4) is 0 Å². The van der Waals surface area contributed by atoms with E-state index in [9.17, 15) is 9.59 Å². The summed E-state index contributed by atoms with van der Waals surface area (Å²) in [6.45, 7) is 3.06. The first-order valence-electron chi connectivity index (χ1n) is 10.9. The molecule has 168 valence electrons. The van der Waals surface area contributed by atoms with Gasteiger partial charge in [0.2, 0.25) is 11.8 Å². The first kappa shape index (κ1) is 20.9. The number of rotatable bonds is 1. The molecule has 0 atom stereocenters. The van der Waals surface area contributed by atoms with E-state index in [0.717, 1.165) is 42.1 Å². The van der Waals surface area contributed by atoms with Crippen molar-refractivity contribution in [2.24, 2.45) is 7.05 Å². The largest absolute Gasteiger partial charge is 0.477 e. The molecule has 4 heterocycles. The van der Waals surface area contributed by atoms with Crippen LogP contribution < -0.4 is 10.1 Å². The summed E-state index contributed by atoms with van der Waals surface area (Å²) in [6, 6.07) is 8.82. The lowest BCUT2D eigenvalue weighted by Gasteiger charge is -2.11. The molecule has 2 bridgehead atoms. The zero-order chi connectivity index (χ0) is 22.9. The average molecular weight is 444 g/mol. The SMILES string of the molecule is Cc1cc2cc(n1)-c1cnn(C)c1OCCCCCn1c(nc3ccc(C=O)cc31)NC2=O. The molecule has 4 aromatic rings. The van der Waals surface area contributed by atoms with Gasteiger partial charge in [-0.3, -0.25) is 19.9 Å². The van der Waals surface area contributed by atoms with Gasteiger partial charge < -0.3 is 9.30 Å². The highest BCUT2D eigenvalue weighted by atomic mass is 16.5. The number of fused-ring (bicyclic) bond motifs is 7. The summed E-state index contributed by atoms with van der Waals surface area (Å²) < 4.78 is 9.71. The number of imidazole rings is 1. The standard InChI is InChI=1S/C24H24N6O3/c1-15-10-17-12-20(26-15)18-13-25-29(2)23(18)33-9-5-3-4-8-30-21-11-16(14-31)6-7-19(21)27-24(30)28-22(17)32/h6-7,10-14H,3-5,8-9H2,1-2H3,(H,27,28,32). The maximum absolute atomic E-state index is 13.2. The number of aromatic nitrogens is 5. The first-order chi connectivity index (χ1) is 16.0. The molecule has 0 spiro atoms. The van der Waals surface area contributed by atoms with Gasteiger partial charge in [-0.15, -0.1) is 0 Å². The number of pyridine rings is 1. The molecule has 33 heavy (non-hydrogen) atoms. The maximum Gasteiger partial charge on any atom is 0.258 e. The molecular weight excluding hydrogens is 420 g/mol. The number of carbonyl (C=O) groups excluding carboxylic acids is 2. The van der Waals surface area contributed by atoms with Gasteiger partial charge in [0.05, 0.1) is 35.1 Å². The van der Waals surface area contributed by atoms with Gasteiger partial charge in [-0.05, 0) is 56.5 Å². The zero-order valence-corrected chi connectivity index (χ0v) is 18.5. The molecule has 0 radical (unpaired) electrons. The smallest absolute Gasteiger partial charge is 0.258 e. The van der Waals surface area contributed by atoms with Crippen LogP contribution in [0.15, 0.2) is 36.5 Å². The van der Waals surface area contributed by atoms with Crippen molar-refractivity contribution in [3.05, 3.63) is 53.3 Å². The molecule has 0 aliphatic carbocycles. The van der Waals surface area contributed by atoms with E-state index in [1.54, 1.807) is 41.2 Å². The van der Waals surface area contributed by atoms with E-state index < -0.39 is 0 Å². The average Bonchev–Trinajstić information content (AvgIpc) is 3.34. The number of carbonyl (C=O) groups is 2. The van der Waals surface area contributed by atoms with E-state index in [2.05, 4.69) is 20.4 Å². The van der Waals surface area contributed by atoms with Crippen LogP contribution in [0.5, 0.6) is 5.88 Å². The zero-order valence-electron chi connectivity index (χ0n) is 18.5. The summed E-state index contributed by atoms with van der Waals surface area (Å²) in [6.07, 6.45) is 5.19. The maximum atomic E-state index is 13.2. The van der Waals surface area contributed by atoms with Gasteiger partial charge in [0, 0.05) is 30.4 Å². The number of nitrogens with one attached hydrogen (secondary N) is 1. The molecule has 9 nitrogen and oxygen atoms in total. The summed E-state index contributed by atoms with van der Waals surface area (Å²) >= 11 is 0. The number of nitrogens with zero attached hydrogens (tertiary/aromatic N) is 5. The third-order valence-corrected chi connectivity index (χ3v) is 5.77. The van der Waals surface area contributed by atoms with Gasteiger partial charge in [-0.1, -0.05) is 0 Å². The molecule has 0 saturated heterocycles. The molecule has 1 N–H and O–H groups in total. The lowest BCUT2D eigenvalue weighted by Crippen LogP contribution is -2.17. The van der Waals surface area contributed by atoms with Gasteiger partial charge in [-0.25, -0.2) is 9.67 Å². The van der Waals surface area contributed by atoms with Crippen molar-refractivity contribution in [3.8, 4) is 17.1 Å². The molecule has 3 aromatic heterocycles. The van der Waals surface area contributed by atoms with Gasteiger partial charge in [0.15, 0.2) is 0 Å². The fraction of sp³-hybridized carbons (Fsp3) is 0.292. The molecule has 1 aliphatic rings. The van der Waals surface area contributed by atoms with Crippen LogP contribution in [0, 0.1) is 6.92 Å². The third-order valence-electron chi connectivity index (χ3n) is 5.77. The Morgan fingerprint density at radius 3 is 2.85 bits per heavy atom. The predicted octanol–water partition coefficient (Wildman–Crippen LogP) is 3.77. The molecule has 0 fully saturated rings. The minimum Gasteiger partial charge on any atom is -0.477 e. The topological polar surface area (TPSA) is 104 Å². The van der Waals surface area contributed by atoms with E-state index in [0.29, 0.717) is 47.5 Å². The Kier molecular flexibility index (Phi) is 5.37. The van der Waals surface area contributed by atoms with Crippen molar-refractivity contribution in [3.63, 3.8) is 0 Å². The van der Waals surface area contributed by atoms with Crippen LogP contribution in [0.25, 0.3) is 22.3 Å². The minimum atomic E-state index is -0.282. The molecule has 0 unspecified atom stereocenters. The first-order valence-corrected chi connectivity index (χ1v) is 10.9. The van der Waals surface area contributed by atoms with E-state index in [4.69, 9.17) is 4.74 Å². The molecule has 1 amide bonds. The number of amides is 1. The fourth-order valence-electron chi connectivity index (χ4n) is 4.14. The summed E-state index contributed by atoms with van der Waals surface area (Å²) in [7, 11) is 1.83. The van der Waals surface area contributed by atoms with Crippen LogP contribution in [-0.2, 0) is 13.6 Å². The Labute approximate surface area is 190 Å². The summed E-state index contributed by atoms with van der Waals surface area (Å²) in [4.78, 5) is 33.8. The van der Waals surface area contributed by atoms with Gasteiger partial charge >= 0.3 is 0 Å². The molecule has 5 rings (SSSR count). The Morgan fingerprint density at radius 2 is 2.00 bits per heavy atom. The quantitative estimate of drug-likeness (QED) is 0.448. The number of hydrogen-bond donors (Lipinski definition) is 1. The molecular formula is C24H24N6O3. The van der Waals surface area contributed by atoms with Crippen LogP contribution in [-0.4, -0.2) is 43.1 Å². The Balaban J connectivity index is 1.60. The number of ether oxygens (including phenoxy) is 1. The van der Waals surface area contributed by atoms with Crippen molar-refractivity contribution >= 4 is 29.2 Å². The second kappa shape index (κ2) is 8.50. The van der Waals surface area contributed by atoms with Crippen molar-refractivity contribution in [1.82, 2.24) is 24.3 Å². The van der Waals surface area contributed by atoms with E-state index in [-0.39, 0.29) is 5.91 Å². The highest BCUT2D eigenvalue weighted by Gasteiger charge is 2.19. The number of aldehydes is 1. The highest BCUT2D eigenvalue weighted by Crippen LogP contribution is 2.30. The van der Waals surface area contributed by atoms with Gasteiger partial charge in [0.25, 0.3) is 5.91 Å². The van der Waals surface area contributed by atoms with Crippen LogP contribution in [0.1, 0.15) is 45.7 Å². The van der Waals surface area contributed by atoms with Gasteiger partial charge in [-0.2, -0.15) is 5.10 Å². The van der Waals surface area contributed by atoms with Crippen molar-refractivity contribution in [2.45, 2.75) is 32.7 Å². The lowest BCUT2D eigenvalue weighted by molar-refractivity contribution is 0.102. The van der Waals surface area contributed by atoms with Crippen molar-refractivity contribution in [2.75, 3.05) is 11.9 Å². The normalized spacial score (nSPS) is 14.4. The molecule has 0 saturated carbocycles. The second-order valence-corrected chi connectivity index (χ2v) is 8.19. The number of anilines is 1.